The number of benzene rings is 2. The first kappa shape index (κ1) is 26.6. The maximum Gasteiger partial charge on any atom is 0.273 e. The summed E-state index contributed by atoms with van der Waals surface area (Å²) in [5.41, 5.74) is 13.7. The molecule has 4 aromatic rings. The van der Waals surface area contributed by atoms with Crippen molar-refractivity contribution in [3.05, 3.63) is 99.2 Å². The zero-order valence-corrected chi connectivity index (χ0v) is 21.8. The molecule has 0 bridgehead atoms. The van der Waals surface area contributed by atoms with E-state index in [1.54, 1.807) is 44.2 Å². The first-order valence-corrected chi connectivity index (χ1v) is 12.4. The summed E-state index contributed by atoms with van der Waals surface area (Å²) in [5, 5.41) is 2.82. The van der Waals surface area contributed by atoms with Crippen LogP contribution in [-0.2, 0) is 11.3 Å². The minimum Gasteiger partial charge on any atom is -0.464 e. The van der Waals surface area contributed by atoms with Gasteiger partial charge in [0.05, 0.1) is 5.69 Å². The van der Waals surface area contributed by atoms with E-state index in [1.165, 1.54) is 17.0 Å². The number of nitrogens with one attached hydrogen (secondary N) is 1. The van der Waals surface area contributed by atoms with E-state index < -0.39 is 29.6 Å². The van der Waals surface area contributed by atoms with E-state index in [4.69, 9.17) is 15.9 Å². The number of nitrogens with two attached hydrogens (primary N) is 2. The van der Waals surface area contributed by atoms with Crippen LogP contribution < -0.4 is 21.7 Å². The van der Waals surface area contributed by atoms with Crippen molar-refractivity contribution in [1.29, 1.82) is 0 Å². The molecule has 2 aromatic carbocycles. The van der Waals surface area contributed by atoms with Gasteiger partial charge in [0.2, 0.25) is 0 Å². The minimum absolute atomic E-state index is 0.0423. The Kier molecular flexibility index (Phi) is 7.58. The molecule has 9 nitrogen and oxygen atoms in total. The van der Waals surface area contributed by atoms with Gasteiger partial charge in [-0.25, -0.2) is 4.39 Å². The summed E-state index contributed by atoms with van der Waals surface area (Å²) in [5.74, 6) is -1.71. The highest BCUT2D eigenvalue weighted by Gasteiger charge is 2.38. The third-order valence-corrected chi connectivity index (χ3v) is 6.77. The van der Waals surface area contributed by atoms with Crippen molar-refractivity contribution < 1.29 is 23.2 Å². The molecular formula is C27H26FN5O4S. The van der Waals surface area contributed by atoms with Gasteiger partial charge < -0.3 is 21.2 Å². The molecule has 4 rings (SSSR count). The highest BCUT2D eigenvalue weighted by atomic mass is 32.1. The van der Waals surface area contributed by atoms with E-state index in [9.17, 15) is 18.8 Å². The summed E-state index contributed by atoms with van der Waals surface area (Å²) in [7, 11) is 0. The first-order valence-electron chi connectivity index (χ1n) is 11.6. The number of amides is 3. The average Bonchev–Trinajstić information content (AvgIpc) is 3.48. The largest absolute Gasteiger partial charge is 0.464 e. The standard InChI is InChI=1S/C27H26FN5O4S/c1-14-4-5-15(2)19(12-14)33(27(36)24-21(29)22(25(30)34)32-38-24)23(20-11-6-16(3)37-20)26(35)31-13-17-7-9-18(28)10-8-17/h4-12,23H,13,29H2,1-3H3,(H2,30,34)(H,31,35)/t23-/m1/s1. The van der Waals surface area contributed by atoms with Gasteiger partial charge in [0.15, 0.2) is 11.7 Å². The number of rotatable bonds is 8. The Hall–Kier alpha value is -4.51. The lowest BCUT2D eigenvalue weighted by molar-refractivity contribution is -0.123. The van der Waals surface area contributed by atoms with Crippen LogP contribution in [0.1, 0.15) is 54.4 Å². The number of nitrogen functional groups attached to an aromatic ring is 1. The Labute approximate surface area is 222 Å². The summed E-state index contributed by atoms with van der Waals surface area (Å²) in [6.07, 6.45) is 0. The van der Waals surface area contributed by atoms with E-state index in [0.29, 0.717) is 22.6 Å². The van der Waals surface area contributed by atoms with Crippen molar-refractivity contribution in [2.24, 2.45) is 5.73 Å². The van der Waals surface area contributed by atoms with E-state index in [2.05, 4.69) is 9.69 Å². The van der Waals surface area contributed by atoms with Crippen molar-refractivity contribution in [3.63, 3.8) is 0 Å². The van der Waals surface area contributed by atoms with Gasteiger partial charge in [-0.3, -0.25) is 19.3 Å². The van der Waals surface area contributed by atoms with Crippen molar-refractivity contribution in [2.75, 3.05) is 10.6 Å². The molecule has 2 heterocycles. The maximum atomic E-state index is 14.1. The highest BCUT2D eigenvalue weighted by molar-refractivity contribution is 7.09. The van der Waals surface area contributed by atoms with Gasteiger partial charge in [-0.2, -0.15) is 4.37 Å². The number of hydrogen-bond acceptors (Lipinski definition) is 7. The monoisotopic (exact) mass is 535 g/mol. The Morgan fingerprint density at radius 2 is 1.79 bits per heavy atom. The lowest BCUT2D eigenvalue weighted by Gasteiger charge is -2.31. The minimum atomic E-state index is -1.25. The number of anilines is 2. The smallest absolute Gasteiger partial charge is 0.273 e. The molecule has 5 N–H and O–H groups in total. The number of furan rings is 1. The van der Waals surface area contributed by atoms with Crippen LogP contribution in [0.2, 0.25) is 0 Å². The van der Waals surface area contributed by atoms with Crippen LogP contribution in [0.3, 0.4) is 0 Å². The number of nitrogens with zero attached hydrogens (tertiary/aromatic N) is 2. The molecule has 0 spiro atoms. The van der Waals surface area contributed by atoms with E-state index in [-0.39, 0.29) is 28.6 Å². The van der Waals surface area contributed by atoms with Gasteiger partial charge >= 0.3 is 0 Å². The summed E-state index contributed by atoms with van der Waals surface area (Å²) in [6.45, 7) is 5.47. The van der Waals surface area contributed by atoms with Crippen LogP contribution >= 0.6 is 11.5 Å². The summed E-state index contributed by atoms with van der Waals surface area (Å²) in [4.78, 5) is 40.9. The average molecular weight is 536 g/mol. The normalized spacial score (nSPS) is 11.7. The van der Waals surface area contributed by atoms with Gasteiger partial charge in [-0.15, -0.1) is 0 Å². The van der Waals surface area contributed by atoms with Gasteiger partial charge in [-0.1, -0.05) is 24.3 Å². The molecule has 0 aliphatic heterocycles. The molecular weight excluding hydrogens is 509 g/mol. The van der Waals surface area contributed by atoms with Crippen molar-refractivity contribution in [1.82, 2.24) is 9.69 Å². The summed E-state index contributed by atoms with van der Waals surface area (Å²) < 4.78 is 23.1. The lowest BCUT2D eigenvalue weighted by Crippen LogP contribution is -2.44. The molecule has 0 radical (unpaired) electrons. The van der Waals surface area contributed by atoms with Gasteiger partial charge in [0, 0.05) is 12.2 Å². The number of halogens is 1. The molecule has 0 fully saturated rings. The molecule has 1 atom stereocenters. The van der Waals surface area contributed by atoms with Crippen LogP contribution in [0.4, 0.5) is 15.8 Å². The number of aryl methyl sites for hydroxylation is 3. The van der Waals surface area contributed by atoms with Crippen LogP contribution in [0, 0.1) is 26.6 Å². The summed E-state index contributed by atoms with van der Waals surface area (Å²) >= 11 is 0.722. The predicted molar refractivity (Wildman–Crippen MR) is 142 cm³/mol. The Bertz CT molecular complexity index is 1510. The zero-order valence-electron chi connectivity index (χ0n) is 20.9. The third kappa shape index (κ3) is 5.42. The van der Waals surface area contributed by atoms with Crippen molar-refractivity contribution in [2.45, 2.75) is 33.4 Å². The van der Waals surface area contributed by atoms with Gasteiger partial charge in [-0.05, 0) is 79.3 Å². The molecule has 2 aromatic heterocycles. The second kappa shape index (κ2) is 10.9. The van der Waals surface area contributed by atoms with Crippen LogP contribution in [0.25, 0.3) is 0 Å². The quantitative estimate of drug-likeness (QED) is 0.309. The second-order valence-corrected chi connectivity index (χ2v) is 9.57. The second-order valence-electron chi connectivity index (χ2n) is 8.80. The number of carbonyl (C=O) groups excluding carboxylic acids is 3. The molecule has 0 saturated carbocycles. The van der Waals surface area contributed by atoms with Crippen LogP contribution in [-0.4, -0.2) is 22.1 Å². The Morgan fingerprint density at radius 1 is 1.08 bits per heavy atom. The van der Waals surface area contributed by atoms with Gasteiger partial charge in [0.1, 0.15) is 22.2 Å². The fraction of sp³-hybridized carbons (Fsp3) is 0.185. The number of carbonyl (C=O) groups is 3. The molecule has 0 aliphatic carbocycles. The van der Waals surface area contributed by atoms with Gasteiger partial charge in [0.25, 0.3) is 17.7 Å². The molecule has 38 heavy (non-hydrogen) atoms. The molecule has 0 aliphatic rings. The SMILES string of the molecule is Cc1ccc(C)c(N(C(=O)c2snc(C(N)=O)c2N)[C@@H](C(=O)NCc2ccc(F)cc2)c2ccc(C)o2)c1. The van der Waals surface area contributed by atoms with Crippen molar-refractivity contribution >= 4 is 40.6 Å². The fourth-order valence-electron chi connectivity index (χ4n) is 3.95. The number of hydrogen-bond donors (Lipinski definition) is 3. The first-order chi connectivity index (χ1) is 18.1. The third-order valence-electron chi connectivity index (χ3n) is 5.92. The molecule has 196 valence electrons. The molecule has 0 saturated heterocycles. The number of primary amides is 1. The topological polar surface area (TPSA) is 145 Å². The Morgan fingerprint density at radius 3 is 2.39 bits per heavy atom. The van der Waals surface area contributed by atoms with Crippen LogP contribution in [0.5, 0.6) is 0 Å². The predicted octanol–water partition coefficient (Wildman–Crippen LogP) is 4.19. The highest BCUT2D eigenvalue weighted by Crippen LogP contribution is 2.36. The molecule has 0 unspecified atom stereocenters. The van der Waals surface area contributed by atoms with E-state index in [0.717, 1.165) is 17.1 Å². The lowest BCUT2D eigenvalue weighted by atomic mass is 10.0. The fourth-order valence-corrected chi connectivity index (χ4v) is 4.69. The van der Waals surface area contributed by atoms with E-state index >= 15 is 0 Å². The zero-order chi connectivity index (χ0) is 27.6. The summed E-state index contributed by atoms with van der Waals surface area (Å²) in [6, 6.07) is 13.2. The van der Waals surface area contributed by atoms with Crippen LogP contribution in [0.15, 0.2) is 59.0 Å². The van der Waals surface area contributed by atoms with Crippen molar-refractivity contribution in [3.8, 4) is 0 Å². The molecule has 11 heteroatoms. The molecule has 3 amide bonds. The van der Waals surface area contributed by atoms with E-state index in [1.807, 2.05) is 19.1 Å². The Balaban J connectivity index is 1.83. The number of aromatic nitrogens is 1. The maximum absolute atomic E-state index is 14.1.